The third-order valence-corrected chi connectivity index (χ3v) is 8.06. The van der Waals surface area contributed by atoms with Crippen molar-refractivity contribution in [2.75, 3.05) is 18.4 Å². The predicted molar refractivity (Wildman–Crippen MR) is 126 cm³/mol. The van der Waals surface area contributed by atoms with E-state index < -0.39 is 15.9 Å². The van der Waals surface area contributed by atoms with E-state index in [-0.39, 0.29) is 18.2 Å². The van der Waals surface area contributed by atoms with Gasteiger partial charge in [0.15, 0.2) is 0 Å². The first-order valence-corrected chi connectivity index (χ1v) is 12.4. The van der Waals surface area contributed by atoms with Gasteiger partial charge in [-0.15, -0.1) is 0 Å². The normalized spacial score (nSPS) is 17.5. The maximum Gasteiger partial charge on any atom is 0.228 e. The number of hydrogen-bond donors (Lipinski definition) is 1. The Morgan fingerprint density at radius 3 is 2.45 bits per heavy atom. The van der Waals surface area contributed by atoms with E-state index in [0.29, 0.717) is 35.0 Å². The number of piperidine rings is 1. The minimum atomic E-state index is -3.67. The molecule has 0 aliphatic carbocycles. The third kappa shape index (κ3) is 4.88. The Labute approximate surface area is 192 Å². The lowest BCUT2D eigenvalue weighted by Gasteiger charge is -2.31. The van der Waals surface area contributed by atoms with Gasteiger partial charge in [0.1, 0.15) is 0 Å². The first-order chi connectivity index (χ1) is 14.8. The number of amides is 1. The lowest BCUT2D eigenvalue weighted by atomic mass is 9.98. The van der Waals surface area contributed by atoms with Gasteiger partial charge in [-0.2, -0.15) is 0 Å². The number of carbonyl (C=O) groups excluding carboxylic acids is 1. The number of carbonyl (C=O) groups is 1. The Bertz CT molecular complexity index is 1200. The van der Waals surface area contributed by atoms with Gasteiger partial charge in [-0.1, -0.05) is 65.7 Å². The number of hydrogen-bond acceptors (Lipinski definition) is 3. The Morgan fingerprint density at radius 1 is 1.00 bits per heavy atom. The number of sulfonamides is 1. The standard InChI is InChI=1S/C23H22Cl2N2O3S/c24-20-10-4-11-21(25)19(20)15-31(29,30)27-13-5-8-17(14-27)23(28)26-22-12-3-7-16-6-1-2-9-18(16)22/h1-4,6-7,9-12,17H,5,8,13-15H2,(H,26,28). The highest BCUT2D eigenvalue weighted by Gasteiger charge is 2.33. The SMILES string of the molecule is O=C(Nc1cccc2ccccc12)C1CCCN(S(=O)(=O)Cc2c(Cl)cccc2Cl)C1. The summed E-state index contributed by atoms with van der Waals surface area (Å²) in [6, 6.07) is 18.5. The Balaban J connectivity index is 1.49. The van der Waals surface area contributed by atoms with Crippen molar-refractivity contribution < 1.29 is 13.2 Å². The van der Waals surface area contributed by atoms with Gasteiger partial charge in [-0.05, 0) is 36.4 Å². The second-order valence-electron chi connectivity index (χ2n) is 7.67. The van der Waals surface area contributed by atoms with Crippen LogP contribution in [0.5, 0.6) is 0 Å². The van der Waals surface area contributed by atoms with Crippen LogP contribution in [0.4, 0.5) is 5.69 Å². The second kappa shape index (κ2) is 9.17. The lowest BCUT2D eigenvalue weighted by Crippen LogP contribution is -2.44. The van der Waals surface area contributed by atoms with Crippen LogP contribution in [0.2, 0.25) is 10.0 Å². The molecular weight excluding hydrogens is 455 g/mol. The number of halogens is 2. The number of nitrogens with one attached hydrogen (secondary N) is 1. The number of benzene rings is 3. The van der Waals surface area contributed by atoms with Crippen molar-refractivity contribution in [2.24, 2.45) is 5.92 Å². The Morgan fingerprint density at radius 2 is 1.68 bits per heavy atom. The summed E-state index contributed by atoms with van der Waals surface area (Å²) >= 11 is 12.3. The van der Waals surface area contributed by atoms with Crippen LogP contribution in [0.15, 0.2) is 60.7 Å². The van der Waals surface area contributed by atoms with Gasteiger partial charge in [0.25, 0.3) is 0 Å². The maximum atomic E-state index is 13.0. The molecule has 1 atom stereocenters. The van der Waals surface area contributed by atoms with E-state index >= 15 is 0 Å². The van der Waals surface area contributed by atoms with Gasteiger partial charge < -0.3 is 5.32 Å². The number of anilines is 1. The minimum absolute atomic E-state index is 0.140. The van der Waals surface area contributed by atoms with Gasteiger partial charge in [-0.3, -0.25) is 4.79 Å². The van der Waals surface area contributed by atoms with Gasteiger partial charge in [-0.25, -0.2) is 12.7 Å². The molecule has 1 aliphatic rings. The van der Waals surface area contributed by atoms with Crippen molar-refractivity contribution in [1.82, 2.24) is 4.31 Å². The highest BCUT2D eigenvalue weighted by Crippen LogP contribution is 2.30. The minimum Gasteiger partial charge on any atom is -0.325 e. The molecule has 0 bridgehead atoms. The summed E-state index contributed by atoms with van der Waals surface area (Å²) in [5.74, 6) is -0.889. The molecule has 1 N–H and O–H groups in total. The van der Waals surface area contributed by atoms with E-state index in [9.17, 15) is 13.2 Å². The van der Waals surface area contributed by atoms with Crippen LogP contribution in [0.1, 0.15) is 18.4 Å². The molecule has 4 rings (SSSR count). The highest BCUT2D eigenvalue weighted by atomic mass is 35.5. The molecule has 3 aromatic rings. The number of nitrogens with zero attached hydrogens (tertiary/aromatic N) is 1. The Kier molecular flexibility index (Phi) is 6.53. The zero-order valence-corrected chi connectivity index (χ0v) is 19.1. The average Bonchev–Trinajstić information content (AvgIpc) is 2.77. The van der Waals surface area contributed by atoms with E-state index in [1.165, 1.54) is 4.31 Å². The van der Waals surface area contributed by atoms with Crippen molar-refractivity contribution in [2.45, 2.75) is 18.6 Å². The molecule has 0 saturated carbocycles. The van der Waals surface area contributed by atoms with Gasteiger partial charge >= 0.3 is 0 Å². The zero-order valence-electron chi connectivity index (χ0n) is 16.7. The summed E-state index contributed by atoms with van der Waals surface area (Å²) < 4.78 is 27.5. The number of rotatable bonds is 5. The first kappa shape index (κ1) is 22.1. The molecule has 0 spiro atoms. The van der Waals surface area contributed by atoms with Crippen LogP contribution in [0.25, 0.3) is 10.8 Å². The molecular formula is C23H22Cl2N2O3S. The summed E-state index contributed by atoms with van der Waals surface area (Å²) in [5, 5.41) is 5.61. The molecule has 1 heterocycles. The topological polar surface area (TPSA) is 66.5 Å². The highest BCUT2D eigenvalue weighted by molar-refractivity contribution is 7.88. The molecule has 0 radical (unpaired) electrons. The third-order valence-electron chi connectivity index (χ3n) is 5.58. The molecule has 5 nitrogen and oxygen atoms in total. The summed E-state index contributed by atoms with van der Waals surface area (Å²) in [5.41, 5.74) is 1.11. The van der Waals surface area contributed by atoms with Crippen molar-refractivity contribution in [3.63, 3.8) is 0 Å². The van der Waals surface area contributed by atoms with Crippen LogP contribution in [0, 0.1) is 5.92 Å². The second-order valence-corrected chi connectivity index (χ2v) is 10.5. The number of fused-ring (bicyclic) bond motifs is 1. The molecule has 1 aliphatic heterocycles. The monoisotopic (exact) mass is 476 g/mol. The first-order valence-electron chi connectivity index (χ1n) is 10.0. The largest absolute Gasteiger partial charge is 0.325 e. The summed E-state index contributed by atoms with van der Waals surface area (Å²) in [6.45, 7) is 0.517. The van der Waals surface area contributed by atoms with Crippen molar-refractivity contribution in [3.05, 3.63) is 76.3 Å². The van der Waals surface area contributed by atoms with Crippen molar-refractivity contribution in [3.8, 4) is 0 Å². The molecule has 3 aromatic carbocycles. The molecule has 1 unspecified atom stereocenters. The fraction of sp³-hybridized carbons (Fsp3) is 0.261. The van der Waals surface area contributed by atoms with Crippen molar-refractivity contribution >= 4 is 55.6 Å². The fourth-order valence-electron chi connectivity index (χ4n) is 3.92. The predicted octanol–water partition coefficient (Wildman–Crippen LogP) is 5.33. The van der Waals surface area contributed by atoms with E-state index in [4.69, 9.17) is 23.2 Å². The zero-order chi connectivity index (χ0) is 22.0. The fourth-order valence-corrected chi connectivity index (χ4v) is 6.28. The van der Waals surface area contributed by atoms with Crippen LogP contribution in [-0.4, -0.2) is 31.7 Å². The van der Waals surface area contributed by atoms with E-state index in [0.717, 1.165) is 16.5 Å². The average molecular weight is 477 g/mol. The summed E-state index contributed by atoms with van der Waals surface area (Å²) in [7, 11) is -3.67. The molecule has 1 saturated heterocycles. The lowest BCUT2D eigenvalue weighted by molar-refractivity contribution is -0.120. The van der Waals surface area contributed by atoms with E-state index in [1.807, 2.05) is 42.5 Å². The molecule has 0 aromatic heterocycles. The molecule has 162 valence electrons. The van der Waals surface area contributed by atoms with E-state index in [1.54, 1.807) is 18.2 Å². The summed E-state index contributed by atoms with van der Waals surface area (Å²) in [6.07, 6.45) is 1.25. The Hall–Kier alpha value is -2.12. The molecule has 1 amide bonds. The van der Waals surface area contributed by atoms with Crippen LogP contribution >= 0.6 is 23.2 Å². The quantitative estimate of drug-likeness (QED) is 0.541. The smallest absolute Gasteiger partial charge is 0.228 e. The van der Waals surface area contributed by atoms with Crippen LogP contribution in [-0.2, 0) is 20.6 Å². The summed E-state index contributed by atoms with van der Waals surface area (Å²) in [4.78, 5) is 13.0. The van der Waals surface area contributed by atoms with E-state index in [2.05, 4.69) is 5.32 Å². The van der Waals surface area contributed by atoms with Gasteiger partial charge in [0.2, 0.25) is 15.9 Å². The van der Waals surface area contributed by atoms with Gasteiger partial charge in [0.05, 0.1) is 11.7 Å². The molecule has 8 heteroatoms. The van der Waals surface area contributed by atoms with Crippen LogP contribution < -0.4 is 5.32 Å². The molecule has 1 fully saturated rings. The van der Waals surface area contributed by atoms with Crippen molar-refractivity contribution in [1.29, 1.82) is 0 Å². The van der Waals surface area contributed by atoms with Crippen LogP contribution in [0.3, 0.4) is 0 Å². The molecule has 31 heavy (non-hydrogen) atoms. The van der Waals surface area contributed by atoms with Gasteiger partial charge in [0, 0.05) is 39.8 Å². The maximum absolute atomic E-state index is 13.0.